The first-order chi connectivity index (χ1) is 7.22. The van der Waals surface area contributed by atoms with Crippen molar-refractivity contribution >= 4 is 0 Å². The highest BCUT2D eigenvalue weighted by Crippen LogP contribution is 2.38. The van der Waals surface area contributed by atoms with Crippen molar-refractivity contribution in [2.45, 2.75) is 37.8 Å². The number of nitrogens with two attached hydrogens (primary N) is 1. The molecule has 2 N–H and O–H groups in total. The molecule has 0 amide bonds. The molecule has 0 heterocycles. The normalized spacial score (nSPS) is 18.5. The number of benzene rings is 1. The largest absolute Gasteiger partial charge is 0.330 e. The second-order valence-corrected chi connectivity index (χ2v) is 4.54. The molecule has 1 saturated carbocycles. The van der Waals surface area contributed by atoms with Crippen molar-refractivity contribution in [1.82, 2.24) is 0 Å². The van der Waals surface area contributed by atoms with Gasteiger partial charge < -0.3 is 5.73 Å². The zero-order chi connectivity index (χ0) is 10.7. The van der Waals surface area contributed by atoms with Crippen molar-refractivity contribution in [2.24, 2.45) is 5.73 Å². The molecule has 15 heavy (non-hydrogen) atoms. The Morgan fingerprint density at radius 1 is 1.27 bits per heavy atom. The fourth-order valence-corrected chi connectivity index (χ4v) is 2.16. The molecule has 0 unspecified atom stereocenters. The van der Waals surface area contributed by atoms with E-state index in [9.17, 15) is 4.39 Å². The number of rotatable bonds is 4. The molecule has 0 aromatic heterocycles. The summed E-state index contributed by atoms with van der Waals surface area (Å²) in [6, 6.07) is 8.16. The standard InChI is InChI=1S/C13H18FN/c14-13(6-2-7-13)10-12-4-1-3-11(9-12)5-8-15/h1,3-4,9H,2,5-8,10,15H2. The van der Waals surface area contributed by atoms with Gasteiger partial charge in [-0.05, 0) is 43.4 Å². The maximum absolute atomic E-state index is 13.9. The van der Waals surface area contributed by atoms with Crippen LogP contribution in [-0.4, -0.2) is 12.2 Å². The van der Waals surface area contributed by atoms with Crippen LogP contribution in [0.4, 0.5) is 4.39 Å². The molecule has 1 aromatic rings. The molecule has 1 aliphatic carbocycles. The van der Waals surface area contributed by atoms with Gasteiger partial charge in [0.2, 0.25) is 0 Å². The Hall–Kier alpha value is -0.890. The average Bonchev–Trinajstić information content (AvgIpc) is 2.16. The quantitative estimate of drug-likeness (QED) is 0.807. The topological polar surface area (TPSA) is 26.0 Å². The third-order valence-corrected chi connectivity index (χ3v) is 3.19. The predicted octanol–water partition coefficient (Wildman–Crippen LogP) is 2.62. The van der Waals surface area contributed by atoms with Gasteiger partial charge in [0, 0.05) is 6.42 Å². The summed E-state index contributed by atoms with van der Waals surface area (Å²) in [5.41, 5.74) is 6.92. The van der Waals surface area contributed by atoms with E-state index in [4.69, 9.17) is 5.73 Å². The highest BCUT2D eigenvalue weighted by Gasteiger charge is 2.36. The number of hydrogen-bond acceptors (Lipinski definition) is 1. The van der Waals surface area contributed by atoms with Crippen LogP contribution in [-0.2, 0) is 12.8 Å². The Balaban J connectivity index is 2.04. The lowest BCUT2D eigenvalue weighted by Gasteiger charge is -2.34. The zero-order valence-corrected chi connectivity index (χ0v) is 9.01. The van der Waals surface area contributed by atoms with E-state index in [1.807, 2.05) is 12.1 Å². The van der Waals surface area contributed by atoms with Crippen LogP contribution < -0.4 is 5.73 Å². The second kappa shape index (κ2) is 4.31. The first kappa shape index (κ1) is 10.6. The van der Waals surface area contributed by atoms with Gasteiger partial charge >= 0.3 is 0 Å². The monoisotopic (exact) mass is 207 g/mol. The maximum atomic E-state index is 13.9. The molecule has 1 nitrogen and oxygen atoms in total. The van der Waals surface area contributed by atoms with Crippen LogP contribution in [0.3, 0.4) is 0 Å². The van der Waals surface area contributed by atoms with Gasteiger partial charge in [-0.3, -0.25) is 0 Å². The molecular weight excluding hydrogens is 189 g/mol. The fourth-order valence-electron chi connectivity index (χ4n) is 2.16. The minimum absolute atomic E-state index is 0.575. The van der Waals surface area contributed by atoms with E-state index >= 15 is 0 Å². The summed E-state index contributed by atoms with van der Waals surface area (Å²) in [7, 11) is 0. The lowest BCUT2D eigenvalue weighted by atomic mass is 9.77. The van der Waals surface area contributed by atoms with Gasteiger partial charge in [-0.15, -0.1) is 0 Å². The summed E-state index contributed by atoms with van der Waals surface area (Å²) in [5, 5.41) is 0. The molecule has 82 valence electrons. The van der Waals surface area contributed by atoms with Gasteiger partial charge in [-0.25, -0.2) is 4.39 Å². The van der Waals surface area contributed by atoms with E-state index in [1.54, 1.807) is 0 Å². The van der Waals surface area contributed by atoms with Gasteiger partial charge in [0.05, 0.1) is 0 Å². The number of alkyl halides is 1. The van der Waals surface area contributed by atoms with E-state index in [2.05, 4.69) is 12.1 Å². The summed E-state index contributed by atoms with van der Waals surface area (Å²) >= 11 is 0. The van der Waals surface area contributed by atoms with E-state index in [-0.39, 0.29) is 0 Å². The van der Waals surface area contributed by atoms with Crippen LogP contribution in [0.25, 0.3) is 0 Å². The van der Waals surface area contributed by atoms with Crippen molar-refractivity contribution in [3.05, 3.63) is 35.4 Å². The summed E-state index contributed by atoms with van der Waals surface area (Å²) in [5.74, 6) is 0. The fraction of sp³-hybridized carbons (Fsp3) is 0.538. The molecule has 0 aliphatic heterocycles. The zero-order valence-electron chi connectivity index (χ0n) is 9.01. The Bertz CT molecular complexity index is 331. The summed E-state index contributed by atoms with van der Waals surface area (Å²) < 4.78 is 13.9. The van der Waals surface area contributed by atoms with Gasteiger partial charge in [0.15, 0.2) is 0 Å². The predicted molar refractivity (Wildman–Crippen MR) is 60.6 cm³/mol. The van der Waals surface area contributed by atoms with Crippen LogP contribution in [0.5, 0.6) is 0 Å². The second-order valence-electron chi connectivity index (χ2n) is 4.54. The van der Waals surface area contributed by atoms with Crippen LogP contribution >= 0.6 is 0 Å². The van der Waals surface area contributed by atoms with E-state index < -0.39 is 5.67 Å². The first-order valence-corrected chi connectivity index (χ1v) is 5.69. The minimum Gasteiger partial charge on any atom is -0.330 e. The van der Waals surface area contributed by atoms with Crippen molar-refractivity contribution in [1.29, 1.82) is 0 Å². The molecular formula is C13H18FN. The first-order valence-electron chi connectivity index (χ1n) is 5.69. The minimum atomic E-state index is -0.915. The third kappa shape index (κ3) is 2.57. The Morgan fingerprint density at radius 2 is 2.00 bits per heavy atom. The molecule has 1 fully saturated rings. The molecule has 0 spiro atoms. The molecule has 1 aromatic carbocycles. The van der Waals surface area contributed by atoms with Gasteiger partial charge in [-0.1, -0.05) is 24.3 Å². The molecule has 0 bridgehead atoms. The Labute approximate surface area is 90.5 Å². The van der Waals surface area contributed by atoms with Crippen molar-refractivity contribution in [3.8, 4) is 0 Å². The van der Waals surface area contributed by atoms with Gasteiger partial charge in [0.1, 0.15) is 5.67 Å². The molecule has 2 heteroatoms. The third-order valence-electron chi connectivity index (χ3n) is 3.19. The molecule has 0 atom stereocenters. The molecule has 1 aliphatic rings. The average molecular weight is 207 g/mol. The summed E-state index contributed by atoms with van der Waals surface area (Å²) in [4.78, 5) is 0. The summed E-state index contributed by atoms with van der Waals surface area (Å²) in [6.45, 7) is 0.657. The van der Waals surface area contributed by atoms with Crippen LogP contribution in [0, 0.1) is 0 Å². The molecule has 0 radical (unpaired) electrons. The van der Waals surface area contributed by atoms with Crippen LogP contribution in [0.1, 0.15) is 30.4 Å². The van der Waals surface area contributed by atoms with Crippen molar-refractivity contribution < 1.29 is 4.39 Å². The van der Waals surface area contributed by atoms with E-state index in [1.165, 1.54) is 5.56 Å². The van der Waals surface area contributed by atoms with E-state index in [0.717, 1.165) is 31.2 Å². The highest BCUT2D eigenvalue weighted by molar-refractivity contribution is 5.25. The SMILES string of the molecule is NCCc1cccc(CC2(F)CCC2)c1. The number of halogens is 1. The smallest absolute Gasteiger partial charge is 0.115 e. The van der Waals surface area contributed by atoms with Gasteiger partial charge in [0.25, 0.3) is 0 Å². The summed E-state index contributed by atoms with van der Waals surface area (Å²) in [6.07, 6.45) is 3.96. The number of hydrogen-bond donors (Lipinski definition) is 1. The van der Waals surface area contributed by atoms with E-state index in [0.29, 0.717) is 13.0 Å². The lowest BCUT2D eigenvalue weighted by molar-refractivity contribution is 0.0641. The highest BCUT2D eigenvalue weighted by atomic mass is 19.1. The van der Waals surface area contributed by atoms with Crippen molar-refractivity contribution in [2.75, 3.05) is 6.54 Å². The lowest BCUT2D eigenvalue weighted by Crippen LogP contribution is -2.34. The Kier molecular flexibility index (Phi) is 3.06. The maximum Gasteiger partial charge on any atom is 0.115 e. The Morgan fingerprint density at radius 3 is 2.60 bits per heavy atom. The van der Waals surface area contributed by atoms with Gasteiger partial charge in [-0.2, -0.15) is 0 Å². The van der Waals surface area contributed by atoms with Crippen LogP contribution in [0.2, 0.25) is 0 Å². The molecule has 2 rings (SSSR count). The van der Waals surface area contributed by atoms with Crippen molar-refractivity contribution in [3.63, 3.8) is 0 Å². The molecule has 0 saturated heterocycles. The van der Waals surface area contributed by atoms with Crippen LogP contribution in [0.15, 0.2) is 24.3 Å².